The van der Waals surface area contributed by atoms with Crippen molar-refractivity contribution in [2.75, 3.05) is 18.4 Å². The smallest absolute Gasteiger partial charge is 0.260 e. The van der Waals surface area contributed by atoms with E-state index in [2.05, 4.69) is 20.6 Å². The van der Waals surface area contributed by atoms with Gasteiger partial charge in [0.2, 0.25) is 0 Å². The van der Waals surface area contributed by atoms with Crippen LogP contribution in [0.25, 0.3) is 10.9 Å². The van der Waals surface area contributed by atoms with Crippen LogP contribution in [0.2, 0.25) is 0 Å². The minimum absolute atomic E-state index is 0.0610. The Morgan fingerprint density at radius 3 is 2.46 bits per heavy atom. The van der Waals surface area contributed by atoms with E-state index in [4.69, 9.17) is 0 Å². The van der Waals surface area contributed by atoms with Crippen molar-refractivity contribution in [1.29, 1.82) is 0 Å². The first-order valence-corrected chi connectivity index (χ1v) is 11.1. The van der Waals surface area contributed by atoms with Crippen LogP contribution in [0.15, 0.2) is 23.0 Å². The van der Waals surface area contributed by atoms with Gasteiger partial charge in [-0.15, -0.1) is 0 Å². The summed E-state index contributed by atoms with van der Waals surface area (Å²) in [5.41, 5.74) is 2.05. The lowest BCUT2D eigenvalue weighted by Crippen LogP contribution is -2.58. The molecule has 0 unspecified atom stereocenters. The lowest BCUT2D eigenvalue weighted by Gasteiger charge is -2.57. The van der Waals surface area contributed by atoms with Crippen molar-refractivity contribution in [2.24, 2.45) is 17.8 Å². The molecule has 28 heavy (non-hydrogen) atoms. The molecule has 5 heteroatoms. The Labute approximate surface area is 166 Å². The van der Waals surface area contributed by atoms with Crippen molar-refractivity contribution in [1.82, 2.24) is 15.3 Å². The molecular weight excluding hydrogens is 348 g/mol. The second-order valence-corrected chi connectivity index (χ2v) is 9.61. The second kappa shape index (κ2) is 7.18. The minimum Gasteiger partial charge on any atom is -0.384 e. The Balaban J connectivity index is 1.12. The van der Waals surface area contributed by atoms with Crippen LogP contribution in [0.4, 0.5) is 5.69 Å². The molecular formula is C23H32N4O. The molecule has 150 valence electrons. The Bertz CT molecular complexity index is 883. The maximum absolute atomic E-state index is 12.3. The number of hydrogen-bond donors (Lipinski definition) is 3. The average molecular weight is 381 g/mol. The van der Waals surface area contributed by atoms with Crippen molar-refractivity contribution < 1.29 is 0 Å². The van der Waals surface area contributed by atoms with Gasteiger partial charge in [0.1, 0.15) is 5.82 Å². The molecule has 0 spiro atoms. The van der Waals surface area contributed by atoms with Crippen LogP contribution in [-0.2, 0) is 0 Å². The van der Waals surface area contributed by atoms with Crippen molar-refractivity contribution in [3.8, 4) is 0 Å². The Kier molecular flexibility index (Phi) is 4.66. The van der Waals surface area contributed by atoms with E-state index >= 15 is 0 Å². The first kappa shape index (κ1) is 18.2. The van der Waals surface area contributed by atoms with Crippen LogP contribution in [-0.4, -0.2) is 28.6 Å². The standard InChI is InChI=1S/C23H32N4O/c1-15-26-20-6-4-5-19(21(20)22(28)27-15)24-7-2-3-8-25-23-12-16-9-17(13-23)11-18(10-16)14-23/h4-6,16-18,24-25H,2-3,7-14H2,1H3,(H,26,27,28). The Morgan fingerprint density at radius 2 is 1.75 bits per heavy atom. The summed E-state index contributed by atoms with van der Waals surface area (Å²) in [7, 11) is 0. The molecule has 5 nitrogen and oxygen atoms in total. The third-order valence-corrected chi connectivity index (χ3v) is 7.31. The predicted octanol–water partition coefficient (Wildman–Crippen LogP) is 3.98. The number of nitrogens with zero attached hydrogens (tertiary/aromatic N) is 1. The van der Waals surface area contributed by atoms with E-state index in [0.717, 1.165) is 48.5 Å². The number of benzene rings is 1. The molecule has 0 amide bonds. The van der Waals surface area contributed by atoms with E-state index in [-0.39, 0.29) is 5.56 Å². The molecule has 0 aliphatic heterocycles. The molecule has 4 aliphatic rings. The van der Waals surface area contributed by atoms with E-state index < -0.39 is 0 Å². The highest BCUT2D eigenvalue weighted by Gasteiger charge is 2.50. The third-order valence-electron chi connectivity index (χ3n) is 7.31. The summed E-state index contributed by atoms with van der Waals surface area (Å²) in [4.78, 5) is 19.6. The van der Waals surface area contributed by atoms with Crippen LogP contribution in [0.3, 0.4) is 0 Å². The number of rotatable bonds is 7. The second-order valence-electron chi connectivity index (χ2n) is 9.61. The van der Waals surface area contributed by atoms with Crippen molar-refractivity contribution in [3.63, 3.8) is 0 Å². The number of nitrogens with one attached hydrogen (secondary N) is 3. The monoisotopic (exact) mass is 380 g/mol. The van der Waals surface area contributed by atoms with Gasteiger partial charge in [0, 0.05) is 17.8 Å². The maximum atomic E-state index is 12.3. The zero-order chi connectivity index (χ0) is 19.1. The summed E-state index contributed by atoms with van der Waals surface area (Å²) >= 11 is 0. The first-order chi connectivity index (χ1) is 13.6. The van der Waals surface area contributed by atoms with E-state index in [1.807, 2.05) is 25.1 Å². The largest absolute Gasteiger partial charge is 0.384 e. The van der Waals surface area contributed by atoms with Gasteiger partial charge in [-0.05, 0) is 94.7 Å². The highest BCUT2D eigenvalue weighted by Crippen LogP contribution is 2.55. The van der Waals surface area contributed by atoms with Gasteiger partial charge in [-0.3, -0.25) is 4.79 Å². The lowest BCUT2D eigenvalue weighted by molar-refractivity contribution is -0.0195. The van der Waals surface area contributed by atoms with E-state index in [9.17, 15) is 4.79 Å². The molecule has 4 bridgehead atoms. The Hall–Kier alpha value is -1.88. The van der Waals surface area contributed by atoms with Gasteiger partial charge in [-0.25, -0.2) is 4.98 Å². The fourth-order valence-electron chi connectivity index (χ4n) is 6.61. The fourth-order valence-corrected chi connectivity index (χ4v) is 6.61. The molecule has 4 saturated carbocycles. The molecule has 6 rings (SSSR count). The van der Waals surface area contributed by atoms with Crippen LogP contribution < -0.4 is 16.2 Å². The van der Waals surface area contributed by atoms with Gasteiger partial charge in [0.25, 0.3) is 5.56 Å². The van der Waals surface area contributed by atoms with Crippen LogP contribution in [0.1, 0.15) is 57.2 Å². The normalized spacial score (nSPS) is 30.8. The summed E-state index contributed by atoms with van der Waals surface area (Å²) < 4.78 is 0. The molecule has 4 fully saturated rings. The summed E-state index contributed by atoms with van der Waals surface area (Å²) in [5.74, 6) is 3.66. The molecule has 1 heterocycles. The summed E-state index contributed by atoms with van der Waals surface area (Å²) in [5, 5.41) is 8.10. The number of hydrogen-bond acceptors (Lipinski definition) is 4. The lowest BCUT2D eigenvalue weighted by atomic mass is 9.53. The molecule has 2 aromatic rings. The number of H-pyrrole nitrogens is 1. The topological polar surface area (TPSA) is 69.8 Å². The number of aromatic nitrogens is 2. The van der Waals surface area contributed by atoms with Crippen molar-refractivity contribution >= 4 is 16.6 Å². The SMILES string of the molecule is Cc1nc2cccc(NCCCCNC34CC5CC(CC(C5)C3)C4)c2c(=O)[nH]1. The quantitative estimate of drug-likeness (QED) is 0.636. The first-order valence-electron chi connectivity index (χ1n) is 11.1. The van der Waals surface area contributed by atoms with Gasteiger partial charge in [0.05, 0.1) is 10.9 Å². The van der Waals surface area contributed by atoms with Crippen LogP contribution >= 0.6 is 0 Å². The van der Waals surface area contributed by atoms with Crippen LogP contribution in [0.5, 0.6) is 0 Å². The molecule has 1 aromatic heterocycles. The van der Waals surface area contributed by atoms with Crippen molar-refractivity contribution in [2.45, 2.75) is 63.8 Å². The van der Waals surface area contributed by atoms with E-state index in [1.54, 1.807) is 0 Å². The van der Waals surface area contributed by atoms with Gasteiger partial charge < -0.3 is 15.6 Å². The third kappa shape index (κ3) is 3.45. The molecule has 1 aromatic carbocycles. The molecule has 0 atom stereocenters. The molecule has 4 aliphatic carbocycles. The summed E-state index contributed by atoms with van der Waals surface area (Å²) in [6.07, 6.45) is 11.0. The van der Waals surface area contributed by atoms with E-state index in [0.29, 0.717) is 16.7 Å². The molecule has 3 N–H and O–H groups in total. The molecule has 0 radical (unpaired) electrons. The molecule has 0 saturated heterocycles. The van der Waals surface area contributed by atoms with E-state index in [1.165, 1.54) is 44.9 Å². The minimum atomic E-state index is -0.0610. The van der Waals surface area contributed by atoms with Gasteiger partial charge >= 0.3 is 0 Å². The number of anilines is 1. The highest BCUT2D eigenvalue weighted by atomic mass is 16.1. The maximum Gasteiger partial charge on any atom is 0.260 e. The summed E-state index contributed by atoms with van der Waals surface area (Å²) in [6, 6.07) is 5.84. The van der Waals surface area contributed by atoms with Gasteiger partial charge in [-0.2, -0.15) is 0 Å². The van der Waals surface area contributed by atoms with Crippen LogP contribution in [0, 0.1) is 24.7 Å². The Morgan fingerprint density at radius 1 is 1.07 bits per heavy atom. The highest BCUT2D eigenvalue weighted by molar-refractivity contribution is 5.90. The van der Waals surface area contributed by atoms with Gasteiger partial charge in [0.15, 0.2) is 0 Å². The summed E-state index contributed by atoms with van der Waals surface area (Å²) in [6.45, 7) is 3.82. The van der Waals surface area contributed by atoms with Crippen molar-refractivity contribution in [3.05, 3.63) is 34.4 Å². The zero-order valence-corrected chi connectivity index (χ0v) is 16.9. The number of aromatic amines is 1. The zero-order valence-electron chi connectivity index (χ0n) is 16.9. The fraction of sp³-hybridized carbons (Fsp3) is 0.652. The van der Waals surface area contributed by atoms with Gasteiger partial charge in [-0.1, -0.05) is 6.07 Å². The average Bonchev–Trinajstić information content (AvgIpc) is 2.63. The predicted molar refractivity (Wildman–Crippen MR) is 114 cm³/mol. The number of unbranched alkanes of at least 4 members (excludes halogenated alkanes) is 1. The number of aryl methyl sites for hydroxylation is 1. The number of fused-ring (bicyclic) bond motifs is 1.